The lowest BCUT2D eigenvalue weighted by Gasteiger charge is -2.34. The number of aliphatic hydroxyl groups is 2. The molecule has 5 N–H and O–H groups in total. The number of carbonyl (C=O) groups excluding carboxylic acids is 3. The number of nitrogen functional groups attached to an aromatic ring is 1. The van der Waals surface area contributed by atoms with E-state index in [1.165, 1.54) is 0 Å². The van der Waals surface area contributed by atoms with E-state index in [1.807, 2.05) is 0 Å². The van der Waals surface area contributed by atoms with Crippen LogP contribution in [0.2, 0.25) is 0 Å². The third kappa shape index (κ3) is 3.08. The van der Waals surface area contributed by atoms with Crippen LogP contribution in [-0.4, -0.2) is 71.2 Å². The summed E-state index contributed by atoms with van der Waals surface area (Å²) in [6.07, 6.45) is -5.51. The van der Waals surface area contributed by atoms with Gasteiger partial charge in [0.1, 0.15) is 18.3 Å². The summed E-state index contributed by atoms with van der Waals surface area (Å²) in [7, 11) is 0. The van der Waals surface area contributed by atoms with Gasteiger partial charge in [0.25, 0.3) is 11.2 Å². The van der Waals surface area contributed by atoms with Gasteiger partial charge in [-0.3, -0.25) is 28.7 Å². The van der Waals surface area contributed by atoms with Crippen LogP contribution in [-0.2, 0) is 23.9 Å². The molecule has 29 heavy (non-hydrogen) atoms. The maximum atomic E-state index is 12.3. The Morgan fingerprint density at radius 1 is 1.24 bits per heavy atom. The van der Waals surface area contributed by atoms with Gasteiger partial charge >= 0.3 is 5.97 Å². The number of rotatable bonds is 5. The van der Waals surface area contributed by atoms with E-state index in [4.69, 9.17) is 15.2 Å². The van der Waals surface area contributed by atoms with Gasteiger partial charge in [0.2, 0.25) is 5.95 Å². The summed E-state index contributed by atoms with van der Waals surface area (Å²) >= 11 is 0. The summed E-state index contributed by atoms with van der Waals surface area (Å²) in [6.45, 7) is 2.97. The number of hydrogen-bond donors (Lipinski definition) is 4. The van der Waals surface area contributed by atoms with Crippen LogP contribution in [0.3, 0.4) is 0 Å². The number of Topliss-reactive ketones (excluding diaryl/α,β-unsaturated/α-hetero) is 2. The van der Waals surface area contributed by atoms with Crippen molar-refractivity contribution in [1.29, 1.82) is 0 Å². The van der Waals surface area contributed by atoms with Crippen LogP contribution in [0.15, 0.2) is 11.1 Å². The highest BCUT2D eigenvalue weighted by Gasteiger charge is 2.61. The molecular weight excluding hydrogens is 390 g/mol. The summed E-state index contributed by atoms with van der Waals surface area (Å²) in [5.41, 5.74) is 2.25. The van der Waals surface area contributed by atoms with Gasteiger partial charge < -0.3 is 25.4 Å². The number of carbonyl (C=O) groups is 3. The van der Waals surface area contributed by atoms with Crippen molar-refractivity contribution in [3.63, 3.8) is 0 Å². The zero-order chi connectivity index (χ0) is 21.7. The van der Waals surface area contributed by atoms with E-state index in [2.05, 4.69) is 15.0 Å². The van der Waals surface area contributed by atoms with Crippen molar-refractivity contribution in [3.8, 4) is 0 Å². The van der Waals surface area contributed by atoms with Crippen molar-refractivity contribution >= 4 is 34.6 Å². The normalized spacial score (nSPS) is 24.6. The number of fused-ring (bicyclic) bond motifs is 1. The lowest BCUT2D eigenvalue weighted by atomic mass is 9.84. The number of H-pyrrole nitrogens is 1. The van der Waals surface area contributed by atoms with Gasteiger partial charge in [0.15, 0.2) is 29.0 Å². The first-order valence-corrected chi connectivity index (χ1v) is 8.46. The number of nitrogens with two attached hydrogens (primary N) is 1. The zero-order valence-corrected chi connectivity index (χ0v) is 15.6. The number of anilines is 1. The second-order valence-electron chi connectivity index (χ2n) is 6.65. The highest BCUT2D eigenvalue weighted by atomic mass is 16.6. The molecule has 0 unspecified atom stereocenters. The highest BCUT2D eigenvalue weighted by Crippen LogP contribution is 2.38. The molecule has 0 amide bonds. The first kappa shape index (κ1) is 20.6. The van der Waals surface area contributed by atoms with Crippen molar-refractivity contribution in [3.05, 3.63) is 16.7 Å². The van der Waals surface area contributed by atoms with Crippen LogP contribution in [0.1, 0.15) is 27.0 Å². The van der Waals surface area contributed by atoms with Crippen molar-refractivity contribution in [2.24, 2.45) is 0 Å². The predicted octanol–water partition coefficient (Wildman–Crippen LogP) is -2.20. The average molecular weight is 409 g/mol. The zero-order valence-electron chi connectivity index (χ0n) is 15.6. The van der Waals surface area contributed by atoms with Gasteiger partial charge in [-0.2, -0.15) is 4.98 Å². The molecule has 156 valence electrons. The number of hydrogen-bond acceptors (Lipinski definition) is 11. The molecule has 0 saturated carbocycles. The third-order valence-electron chi connectivity index (χ3n) is 4.71. The van der Waals surface area contributed by atoms with E-state index in [-0.39, 0.29) is 17.1 Å². The quantitative estimate of drug-likeness (QED) is 0.308. The van der Waals surface area contributed by atoms with Gasteiger partial charge in [-0.25, -0.2) is 4.98 Å². The summed E-state index contributed by atoms with van der Waals surface area (Å²) in [5.74, 6) is -2.98. The Morgan fingerprint density at radius 3 is 2.41 bits per heavy atom. The lowest BCUT2D eigenvalue weighted by Crippen LogP contribution is -2.60. The summed E-state index contributed by atoms with van der Waals surface area (Å²) in [4.78, 5) is 58.2. The number of nitrogens with zero attached hydrogens (tertiary/aromatic N) is 3. The molecule has 13 nitrogen and oxygen atoms in total. The number of ketones is 2. The van der Waals surface area contributed by atoms with Gasteiger partial charge in [-0.05, 0) is 13.8 Å². The van der Waals surface area contributed by atoms with Crippen LogP contribution >= 0.6 is 0 Å². The van der Waals surface area contributed by atoms with E-state index < -0.39 is 53.2 Å². The third-order valence-corrected chi connectivity index (χ3v) is 4.71. The Kier molecular flexibility index (Phi) is 4.98. The van der Waals surface area contributed by atoms with Crippen LogP contribution < -0.4 is 11.3 Å². The van der Waals surface area contributed by atoms with E-state index >= 15 is 0 Å². The Morgan fingerprint density at radius 2 is 1.86 bits per heavy atom. The number of aromatic nitrogens is 4. The molecule has 1 aliphatic rings. The van der Waals surface area contributed by atoms with Crippen LogP contribution in [0.4, 0.5) is 5.95 Å². The summed E-state index contributed by atoms with van der Waals surface area (Å²) < 4.78 is 11.7. The lowest BCUT2D eigenvalue weighted by molar-refractivity contribution is -0.192. The van der Waals surface area contributed by atoms with Gasteiger partial charge in [-0.15, -0.1) is 0 Å². The standard InChI is InChI=1S/C16H19N5O8/c1-5(22)16(6(2)23,29-7(3)24)11-9(25)10(26)14(28-11)21-4-18-8-12(21)19-15(17)20-13(8)27/h4,9-11,14,25-26H,1-3H3,(H3,17,19,20,27)/t9-,10+,11-,14+/m0/s1. The molecule has 13 heteroatoms. The first-order chi connectivity index (χ1) is 13.5. The van der Waals surface area contributed by atoms with Crippen molar-refractivity contribution in [1.82, 2.24) is 19.5 Å². The summed E-state index contributed by atoms with van der Waals surface area (Å²) in [6, 6.07) is 0. The fourth-order valence-corrected chi connectivity index (χ4v) is 3.43. The first-order valence-electron chi connectivity index (χ1n) is 8.46. The van der Waals surface area contributed by atoms with E-state index in [1.54, 1.807) is 0 Å². The van der Waals surface area contributed by atoms with Crippen LogP contribution in [0.25, 0.3) is 11.2 Å². The molecule has 1 aliphatic heterocycles. The molecule has 0 spiro atoms. The molecule has 0 radical (unpaired) electrons. The van der Waals surface area contributed by atoms with Gasteiger partial charge in [0.05, 0.1) is 6.33 Å². The molecule has 3 heterocycles. The number of imidazole rings is 1. The number of aromatic amines is 1. The average Bonchev–Trinajstić information content (AvgIpc) is 3.14. The van der Waals surface area contributed by atoms with Crippen molar-refractivity contribution in [2.45, 2.75) is 50.9 Å². The van der Waals surface area contributed by atoms with Crippen molar-refractivity contribution in [2.75, 3.05) is 5.73 Å². The molecule has 2 aromatic rings. The monoisotopic (exact) mass is 409 g/mol. The minimum absolute atomic E-state index is 0.0631. The number of aliphatic hydroxyl groups excluding tert-OH is 2. The minimum atomic E-state index is -2.47. The Labute approximate surface area is 162 Å². The Bertz CT molecular complexity index is 1050. The SMILES string of the molecule is CC(=O)OC(C(C)=O)(C(C)=O)[C@H]1O[C@@H](n2cnc3c(=O)[nH]c(N)nc32)[C@H](O)[C@@H]1O. The second kappa shape index (κ2) is 7.02. The van der Waals surface area contributed by atoms with E-state index in [9.17, 15) is 29.4 Å². The molecule has 1 fully saturated rings. The molecule has 2 aromatic heterocycles. The number of nitrogens with one attached hydrogen (secondary N) is 1. The molecule has 0 aliphatic carbocycles. The molecule has 3 rings (SSSR count). The predicted molar refractivity (Wildman–Crippen MR) is 94.3 cm³/mol. The Hall–Kier alpha value is -3.16. The maximum Gasteiger partial charge on any atom is 0.304 e. The number of ether oxygens (including phenoxy) is 2. The minimum Gasteiger partial charge on any atom is -0.440 e. The topological polar surface area (TPSA) is 200 Å². The Balaban J connectivity index is 2.11. The maximum absolute atomic E-state index is 12.3. The fraction of sp³-hybridized carbons (Fsp3) is 0.500. The molecule has 1 saturated heterocycles. The molecular formula is C16H19N5O8. The highest BCUT2D eigenvalue weighted by molar-refractivity contribution is 6.10. The van der Waals surface area contributed by atoms with Gasteiger partial charge in [0, 0.05) is 6.92 Å². The van der Waals surface area contributed by atoms with Crippen molar-refractivity contribution < 1.29 is 34.1 Å². The smallest absolute Gasteiger partial charge is 0.304 e. The molecule has 4 atom stereocenters. The molecule has 0 aromatic carbocycles. The van der Waals surface area contributed by atoms with Crippen LogP contribution in [0, 0.1) is 0 Å². The number of esters is 1. The van der Waals surface area contributed by atoms with Crippen LogP contribution in [0.5, 0.6) is 0 Å². The fourth-order valence-electron chi connectivity index (χ4n) is 3.43. The largest absolute Gasteiger partial charge is 0.440 e. The summed E-state index contributed by atoms with van der Waals surface area (Å²) in [5, 5.41) is 21.1. The van der Waals surface area contributed by atoms with E-state index in [0.717, 1.165) is 31.7 Å². The van der Waals surface area contributed by atoms with E-state index in [0.29, 0.717) is 0 Å². The molecule has 0 bridgehead atoms. The second-order valence-corrected chi connectivity index (χ2v) is 6.65. The van der Waals surface area contributed by atoms with Gasteiger partial charge in [-0.1, -0.05) is 0 Å².